The molecule has 0 bridgehead atoms. The molecule has 1 aromatic carbocycles. The standard InChI is InChI=1S/C17H16N2O/c1-11-7-8-14(9-12(11)2)17-18-15(10-20)16-6-4-5-13(3)19(16)17/h4-10H,1-3H3. The van der Waals surface area contributed by atoms with Crippen molar-refractivity contribution in [3.8, 4) is 11.4 Å². The highest BCUT2D eigenvalue weighted by Crippen LogP contribution is 2.25. The van der Waals surface area contributed by atoms with Crippen LogP contribution in [0.1, 0.15) is 27.3 Å². The quantitative estimate of drug-likeness (QED) is 0.661. The van der Waals surface area contributed by atoms with Crippen molar-refractivity contribution in [2.24, 2.45) is 0 Å². The van der Waals surface area contributed by atoms with Gasteiger partial charge in [0.15, 0.2) is 6.29 Å². The van der Waals surface area contributed by atoms with E-state index in [1.807, 2.05) is 29.5 Å². The lowest BCUT2D eigenvalue weighted by Gasteiger charge is -2.07. The van der Waals surface area contributed by atoms with E-state index in [1.165, 1.54) is 11.1 Å². The van der Waals surface area contributed by atoms with Crippen molar-refractivity contribution >= 4 is 11.8 Å². The number of rotatable bonds is 2. The highest BCUT2D eigenvalue weighted by molar-refractivity contribution is 5.86. The molecule has 0 aliphatic heterocycles. The molecule has 3 rings (SSSR count). The van der Waals surface area contributed by atoms with E-state index < -0.39 is 0 Å². The first-order valence-electron chi connectivity index (χ1n) is 6.62. The summed E-state index contributed by atoms with van der Waals surface area (Å²) in [7, 11) is 0. The highest BCUT2D eigenvalue weighted by Gasteiger charge is 2.13. The summed E-state index contributed by atoms with van der Waals surface area (Å²) in [5, 5.41) is 0. The number of carbonyl (C=O) groups excluding carboxylic acids is 1. The van der Waals surface area contributed by atoms with Gasteiger partial charge in [0.2, 0.25) is 0 Å². The molecule has 0 radical (unpaired) electrons. The van der Waals surface area contributed by atoms with Crippen LogP contribution < -0.4 is 0 Å². The predicted molar refractivity (Wildman–Crippen MR) is 80.2 cm³/mol. The summed E-state index contributed by atoms with van der Waals surface area (Å²) in [5.41, 5.74) is 5.92. The van der Waals surface area contributed by atoms with E-state index in [-0.39, 0.29) is 0 Å². The molecule has 0 spiro atoms. The Balaban J connectivity index is 2.35. The molecular weight excluding hydrogens is 248 g/mol. The molecule has 3 heteroatoms. The molecule has 0 aliphatic rings. The first-order valence-corrected chi connectivity index (χ1v) is 6.62. The summed E-state index contributed by atoms with van der Waals surface area (Å²) < 4.78 is 2.04. The molecule has 0 aliphatic carbocycles. The Morgan fingerprint density at radius 3 is 2.55 bits per heavy atom. The van der Waals surface area contributed by atoms with E-state index in [1.54, 1.807) is 0 Å². The second kappa shape index (κ2) is 4.60. The molecular formula is C17H16N2O. The minimum absolute atomic E-state index is 0.488. The monoisotopic (exact) mass is 264 g/mol. The van der Waals surface area contributed by atoms with Crippen LogP contribution >= 0.6 is 0 Å². The zero-order valence-electron chi connectivity index (χ0n) is 11.8. The maximum Gasteiger partial charge on any atom is 0.170 e. The molecule has 20 heavy (non-hydrogen) atoms. The van der Waals surface area contributed by atoms with Gasteiger partial charge in [-0.15, -0.1) is 0 Å². The molecule has 3 nitrogen and oxygen atoms in total. The van der Waals surface area contributed by atoms with Crippen LogP contribution in [0.15, 0.2) is 36.4 Å². The van der Waals surface area contributed by atoms with Crippen LogP contribution in [-0.4, -0.2) is 15.7 Å². The number of imidazole rings is 1. The lowest BCUT2D eigenvalue weighted by molar-refractivity contribution is 0.112. The summed E-state index contributed by atoms with van der Waals surface area (Å²) >= 11 is 0. The molecule has 100 valence electrons. The maximum atomic E-state index is 11.2. The first-order chi connectivity index (χ1) is 9.61. The van der Waals surface area contributed by atoms with Gasteiger partial charge in [0.25, 0.3) is 0 Å². The number of hydrogen-bond donors (Lipinski definition) is 0. The molecule has 0 N–H and O–H groups in total. The summed E-state index contributed by atoms with van der Waals surface area (Å²) in [6, 6.07) is 12.2. The third-order valence-electron chi connectivity index (χ3n) is 3.76. The van der Waals surface area contributed by atoms with Crippen LogP contribution in [0.2, 0.25) is 0 Å². The van der Waals surface area contributed by atoms with E-state index >= 15 is 0 Å². The maximum absolute atomic E-state index is 11.2. The van der Waals surface area contributed by atoms with E-state index in [2.05, 4.69) is 37.0 Å². The normalized spacial score (nSPS) is 10.9. The van der Waals surface area contributed by atoms with Gasteiger partial charge in [0, 0.05) is 11.3 Å². The largest absolute Gasteiger partial charge is 0.296 e. The molecule has 0 fully saturated rings. The van der Waals surface area contributed by atoms with Gasteiger partial charge in [-0.25, -0.2) is 4.98 Å². The van der Waals surface area contributed by atoms with Gasteiger partial charge in [0.05, 0.1) is 5.52 Å². The van der Waals surface area contributed by atoms with Gasteiger partial charge in [-0.1, -0.05) is 18.2 Å². The molecule has 2 aromatic heterocycles. The molecule has 0 amide bonds. The van der Waals surface area contributed by atoms with E-state index in [9.17, 15) is 4.79 Å². The van der Waals surface area contributed by atoms with Crippen LogP contribution in [0, 0.1) is 20.8 Å². The molecule has 0 atom stereocenters. The predicted octanol–water partition coefficient (Wildman–Crippen LogP) is 3.74. The number of nitrogens with zero attached hydrogens (tertiary/aromatic N) is 2. The fourth-order valence-corrected chi connectivity index (χ4v) is 2.48. The zero-order valence-corrected chi connectivity index (χ0v) is 11.8. The van der Waals surface area contributed by atoms with Crippen LogP contribution in [0.4, 0.5) is 0 Å². The van der Waals surface area contributed by atoms with E-state index in [0.717, 1.165) is 28.9 Å². The summed E-state index contributed by atoms with van der Waals surface area (Å²) in [6.45, 7) is 6.20. The second-order valence-electron chi connectivity index (χ2n) is 5.13. The number of aryl methyl sites for hydroxylation is 3. The van der Waals surface area contributed by atoms with Crippen LogP contribution in [0.25, 0.3) is 16.9 Å². The third-order valence-corrected chi connectivity index (χ3v) is 3.76. The van der Waals surface area contributed by atoms with Gasteiger partial charge in [-0.05, 0) is 50.1 Å². The number of aromatic nitrogens is 2. The second-order valence-corrected chi connectivity index (χ2v) is 5.13. The number of benzene rings is 1. The van der Waals surface area contributed by atoms with Crippen LogP contribution in [0.3, 0.4) is 0 Å². The van der Waals surface area contributed by atoms with Crippen molar-refractivity contribution in [3.63, 3.8) is 0 Å². The minimum atomic E-state index is 0.488. The van der Waals surface area contributed by atoms with Gasteiger partial charge in [-0.3, -0.25) is 9.20 Å². The minimum Gasteiger partial charge on any atom is -0.296 e. The Kier molecular flexibility index (Phi) is 2.90. The Morgan fingerprint density at radius 2 is 1.85 bits per heavy atom. The van der Waals surface area contributed by atoms with Crippen LogP contribution in [0.5, 0.6) is 0 Å². The lowest BCUT2D eigenvalue weighted by Crippen LogP contribution is -1.94. The number of fused-ring (bicyclic) bond motifs is 1. The van der Waals surface area contributed by atoms with Crippen molar-refractivity contribution in [1.29, 1.82) is 0 Å². The molecule has 0 saturated heterocycles. The fraction of sp³-hybridized carbons (Fsp3) is 0.176. The molecule has 2 heterocycles. The number of pyridine rings is 1. The van der Waals surface area contributed by atoms with Gasteiger partial charge < -0.3 is 0 Å². The Bertz CT molecular complexity index is 815. The van der Waals surface area contributed by atoms with Gasteiger partial charge >= 0.3 is 0 Å². The first kappa shape index (κ1) is 12.6. The molecule has 0 saturated carbocycles. The smallest absolute Gasteiger partial charge is 0.170 e. The zero-order chi connectivity index (χ0) is 14.3. The van der Waals surface area contributed by atoms with E-state index in [4.69, 9.17) is 0 Å². The Morgan fingerprint density at radius 1 is 1.05 bits per heavy atom. The summed E-state index contributed by atoms with van der Waals surface area (Å²) in [5.74, 6) is 0.823. The van der Waals surface area contributed by atoms with E-state index in [0.29, 0.717) is 5.69 Å². The lowest BCUT2D eigenvalue weighted by atomic mass is 10.1. The molecule has 0 unspecified atom stereocenters. The van der Waals surface area contributed by atoms with Gasteiger partial charge in [0.1, 0.15) is 11.5 Å². The van der Waals surface area contributed by atoms with Crippen molar-refractivity contribution in [2.75, 3.05) is 0 Å². The van der Waals surface area contributed by atoms with Crippen molar-refractivity contribution in [3.05, 3.63) is 58.9 Å². The van der Waals surface area contributed by atoms with Crippen molar-refractivity contribution in [2.45, 2.75) is 20.8 Å². The Labute approximate surface area is 117 Å². The average Bonchev–Trinajstić information content (AvgIpc) is 2.82. The van der Waals surface area contributed by atoms with Crippen molar-refractivity contribution in [1.82, 2.24) is 9.38 Å². The Hall–Kier alpha value is -2.42. The number of aldehydes is 1. The highest BCUT2D eigenvalue weighted by atomic mass is 16.1. The van der Waals surface area contributed by atoms with Gasteiger partial charge in [-0.2, -0.15) is 0 Å². The average molecular weight is 264 g/mol. The summed E-state index contributed by atoms with van der Waals surface area (Å²) in [4.78, 5) is 15.7. The topological polar surface area (TPSA) is 34.4 Å². The van der Waals surface area contributed by atoms with Crippen molar-refractivity contribution < 1.29 is 4.79 Å². The SMILES string of the molecule is Cc1ccc(-c2nc(C=O)c3cccc(C)n23)cc1C. The molecule has 3 aromatic rings. The number of hydrogen-bond acceptors (Lipinski definition) is 2. The third kappa shape index (κ3) is 1.83. The van der Waals surface area contributed by atoms with Crippen LogP contribution in [-0.2, 0) is 0 Å². The summed E-state index contributed by atoms with van der Waals surface area (Å²) in [6.07, 6.45) is 0.819. The number of carbonyl (C=O) groups is 1. The fourth-order valence-electron chi connectivity index (χ4n) is 2.48.